The zero-order valence-corrected chi connectivity index (χ0v) is 19.8. The van der Waals surface area contributed by atoms with Gasteiger partial charge in [-0.25, -0.2) is 0 Å². The summed E-state index contributed by atoms with van der Waals surface area (Å²) in [4.78, 5) is 24.1. The highest BCUT2D eigenvalue weighted by Gasteiger charge is 2.12. The number of carbonyl (C=O) groups is 2. The van der Waals surface area contributed by atoms with Crippen molar-refractivity contribution in [3.8, 4) is 5.75 Å². The Hall–Kier alpha value is -1.85. The van der Waals surface area contributed by atoms with Gasteiger partial charge in [-0.3, -0.25) is 14.9 Å². The molecule has 12 heteroatoms. The molecule has 7 nitrogen and oxygen atoms in total. The summed E-state index contributed by atoms with van der Waals surface area (Å²) in [5, 5.41) is 14.3. The molecule has 1 heterocycles. The van der Waals surface area contributed by atoms with Crippen molar-refractivity contribution in [1.29, 1.82) is 0 Å². The van der Waals surface area contributed by atoms with Crippen LogP contribution in [0.2, 0.25) is 10.0 Å². The molecule has 0 spiro atoms. The molecule has 0 saturated heterocycles. The Kier molecular flexibility index (Phi) is 8.34. The van der Waals surface area contributed by atoms with E-state index in [2.05, 4.69) is 36.8 Å². The van der Waals surface area contributed by atoms with Crippen LogP contribution in [0.5, 0.6) is 5.75 Å². The van der Waals surface area contributed by atoms with Crippen molar-refractivity contribution in [2.45, 2.75) is 4.34 Å². The van der Waals surface area contributed by atoms with Gasteiger partial charge in [0.1, 0.15) is 5.75 Å². The molecule has 3 aromatic rings. The van der Waals surface area contributed by atoms with Gasteiger partial charge in [-0.15, -0.1) is 10.2 Å². The molecule has 0 saturated carbocycles. The van der Waals surface area contributed by atoms with E-state index in [4.69, 9.17) is 27.9 Å². The summed E-state index contributed by atoms with van der Waals surface area (Å²) in [6.07, 6.45) is 0. The fourth-order valence-electron chi connectivity index (χ4n) is 2.07. The highest BCUT2D eigenvalue weighted by molar-refractivity contribution is 9.10. The van der Waals surface area contributed by atoms with Gasteiger partial charge in [0.05, 0.1) is 10.8 Å². The lowest BCUT2D eigenvalue weighted by Gasteiger charge is -2.07. The SMILES string of the molecule is O=C(CSc1nnc(NC(=O)COc2ccc(Cl)cc2Cl)s1)Nc1ccc(Br)cc1. The number of anilines is 2. The molecule has 1 aromatic heterocycles. The number of halogens is 3. The Balaban J connectivity index is 1.43. The maximum Gasteiger partial charge on any atom is 0.264 e. The van der Waals surface area contributed by atoms with Gasteiger partial charge < -0.3 is 10.1 Å². The summed E-state index contributed by atoms with van der Waals surface area (Å²) < 4.78 is 6.85. The van der Waals surface area contributed by atoms with Crippen LogP contribution < -0.4 is 15.4 Å². The Labute approximate surface area is 198 Å². The van der Waals surface area contributed by atoms with Crippen LogP contribution in [0.15, 0.2) is 51.3 Å². The monoisotopic (exact) mass is 546 g/mol. The van der Waals surface area contributed by atoms with Crippen LogP contribution in [0.25, 0.3) is 0 Å². The summed E-state index contributed by atoms with van der Waals surface area (Å²) in [6, 6.07) is 12.0. The number of benzene rings is 2. The first kappa shape index (κ1) is 22.8. The molecule has 0 radical (unpaired) electrons. The van der Waals surface area contributed by atoms with Crippen LogP contribution in [0.4, 0.5) is 10.8 Å². The largest absolute Gasteiger partial charge is 0.482 e. The van der Waals surface area contributed by atoms with Crippen LogP contribution in [0, 0.1) is 0 Å². The number of rotatable bonds is 8. The highest BCUT2D eigenvalue weighted by atomic mass is 79.9. The van der Waals surface area contributed by atoms with Crippen molar-refractivity contribution in [2.24, 2.45) is 0 Å². The molecule has 156 valence electrons. The number of hydrogen-bond acceptors (Lipinski definition) is 7. The molecule has 3 rings (SSSR count). The van der Waals surface area contributed by atoms with E-state index in [-0.39, 0.29) is 18.3 Å². The van der Waals surface area contributed by atoms with Crippen molar-refractivity contribution < 1.29 is 14.3 Å². The maximum atomic E-state index is 12.0. The van der Waals surface area contributed by atoms with Crippen molar-refractivity contribution >= 4 is 84.9 Å². The van der Waals surface area contributed by atoms with Crippen molar-refractivity contribution in [1.82, 2.24) is 10.2 Å². The first-order valence-corrected chi connectivity index (χ1v) is 11.6. The second-order valence-electron chi connectivity index (χ2n) is 5.63. The van der Waals surface area contributed by atoms with Crippen LogP contribution in [0.1, 0.15) is 0 Å². The second kappa shape index (κ2) is 11.0. The fourth-order valence-corrected chi connectivity index (χ4v) is 4.36. The van der Waals surface area contributed by atoms with Gasteiger partial charge in [-0.05, 0) is 42.5 Å². The Bertz CT molecular complexity index is 1050. The molecule has 0 unspecified atom stereocenters. The summed E-state index contributed by atoms with van der Waals surface area (Å²) in [5.41, 5.74) is 0.704. The number of ether oxygens (including phenoxy) is 1. The third-order valence-corrected chi connectivity index (χ3v) is 6.39. The lowest BCUT2D eigenvalue weighted by molar-refractivity contribution is -0.118. The number of amides is 2. The number of thioether (sulfide) groups is 1. The van der Waals surface area contributed by atoms with Crippen LogP contribution in [-0.4, -0.2) is 34.4 Å². The predicted octanol–water partition coefficient (Wildman–Crippen LogP) is 5.36. The average Bonchev–Trinajstić information content (AvgIpc) is 3.15. The normalized spacial score (nSPS) is 10.5. The highest BCUT2D eigenvalue weighted by Crippen LogP contribution is 2.28. The van der Waals surface area contributed by atoms with Gasteiger partial charge in [0.2, 0.25) is 11.0 Å². The molecule has 0 atom stereocenters. The van der Waals surface area contributed by atoms with Gasteiger partial charge >= 0.3 is 0 Å². The van der Waals surface area contributed by atoms with Crippen LogP contribution in [-0.2, 0) is 9.59 Å². The minimum Gasteiger partial charge on any atom is -0.482 e. The first-order chi connectivity index (χ1) is 14.4. The Morgan fingerprint density at radius 2 is 1.83 bits per heavy atom. The molecule has 0 aliphatic rings. The minimum absolute atomic E-state index is 0.164. The molecular formula is C18H13BrCl2N4O3S2. The van der Waals surface area contributed by atoms with Gasteiger partial charge in [-0.2, -0.15) is 0 Å². The van der Waals surface area contributed by atoms with E-state index in [9.17, 15) is 9.59 Å². The molecule has 0 aliphatic heterocycles. The lowest BCUT2D eigenvalue weighted by Crippen LogP contribution is -2.20. The average molecular weight is 548 g/mol. The molecule has 0 bridgehead atoms. The van der Waals surface area contributed by atoms with Gasteiger partial charge in [0.25, 0.3) is 5.91 Å². The topological polar surface area (TPSA) is 93.2 Å². The van der Waals surface area contributed by atoms with Crippen LogP contribution >= 0.6 is 62.2 Å². The minimum atomic E-state index is -0.415. The molecule has 2 N–H and O–H groups in total. The predicted molar refractivity (Wildman–Crippen MR) is 124 cm³/mol. The Morgan fingerprint density at radius 1 is 1.07 bits per heavy atom. The van der Waals surface area contributed by atoms with E-state index >= 15 is 0 Å². The number of nitrogens with one attached hydrogen (secondary N) is 2. The fraction of sp³-hybridized carbons (Fsp3) is 0.111. The zero-order valence-electron chi connectivity index (χ0n) is 15.0. The van der Waals surface area contributed by atoms with E-state index in [0.717, 1.165) is 15.8 Å². The molecule has 0 aliphatic carbocycles. The van der Waals surface area contributed by atoms with Gasteiger partial charge in [-0.1, -0.05) is 62.2 Å². The molecule has 30 heavy (non-hydrogen) atoms. The third kappa shape index (κ3) is 7.13. The van der Waals surface area contributed by atoms with Gasteiger partial charge in [0.15, 0.2) is 10.9 Å². The second-order valence-corrected chi connectivity index (χ2v) is 9.59. The summed E-state index contributed by atoms with van der Waals surface area (Å²) in [7, 11) is 0. The van der Waals surface area contributed by atoms with Gasteiger partial charge in [0, 0.05) is 15.2 Å². The third-order valence-electron chi connectivity index (χ3n) is 3.36. The standard InChI is InChI=1S/C18H13BrCl2N4O3S2/c19-10-1-4-12(5-2-10)22-16(27)9-29-18-25-24-17(30-18)23-15(26)8-28-14-6-3-11(20)7-13(14)21/h1-7H,8-9H2,(H,22,27)(H,23,24,26). The van der Waals surface area contributed by atoms with E-state index in [1.54, 1.807) is 24.3 Å². The number of aromatic nitrogens is 2. The van der Waals surface area contributed by atoms with Crippen molar-refractivity contribution in [3.05, 3.63) is 57.0 Å². The molecule has 0 fully saturated rings. The number of nitrogens with zero attached hydrogens (tertiary/aromatic N) is 2. The maximum absolute atomic E-state index is 12.0. The smallest absolute Gasteiger partial charge is 0.264 e. The Morgan fingerprint density at radius 3 is 2.57 bits per heavy atom. The molecule has 2 aromatic carbocycles. The summed E-state index contributed by atoms with van der Waals surface area (Å²) in [6.45, 7) is -0.251. The number of hydrogen-bond donors (Lipinski definition) is 2. The van der Waals surface area contributed by atoms with E-state index < -0.39 is 5.91 Å². The lowest BCUT2D eigenvalue weighted by atomic mass is 10.3. The molecular weight excluding hydrogens is 535 g/mol. The molecule has 2 amide bonds. The van der Waals surface area contributed by atoms with Crippen molar-refractivity contribution in [2.75, 3.05) is 23.0 Å². The van der Waals surface area contributed by atoms with E-state index in [0.29, 0.717) is 31.0 Å². The van der Waals surface area contributed by atoms with E-state index in [1.807, 2.05) is 12.1 Å². The number of carbonyl (C=O) groups excluding carboxylic acids is 2. The van der Waals surface area contributed by atoms with Crippen LogP contribution in [0.3, 0.4) is 0 Å². The summed E-state index contributed by atoms with van der Waals surface area (Å²) >= 11 is 17.5. The van der Waals surface area contributed by atoms with Crippen molar-refractivity contribution in [3.63, 3.8) is 0 Å². The first-order valence-electron chi connectivity index (χ1n) is 8.28. The zero-order chi connectivity index (χ0) is 21.5. The quantitative estimate of drug-likeness (QED) is 0.291. The van der Waals surface area contributed by atoms with E-state index in [1.165, 1.54) is 17.8 Å². The summed E-state index contributed by atoms with van der Waals surface area (Å²) in [5.74, 6) is -0.0730.